The number of hydrogen-bond donors (Lipinski definition) is 2. The van der Waals surface area contributed by atoms with E-state index >= 15 is 0 Å². The second-order valence-electron chi connectivity index (χ2n) is 6.21. The molecule has 1 aliphatic rings. The third-order valence-corrected chi connectivity index (χ3v) is 3.67. The van der Waals surface area contributed by atoms with Gasteiger partial charge >= 0.3 is 0 Å². The molecule has 2 N–H and O–H groups in total. The van der Waals surface area contributed by atoms with Crippen molar-refractivity contribution in [1.82, 2.24) is 14.9 Å². The van der Waals surface area contributed by atoms with E-state index in [4.69, 9.17) is 5.21 Å². The van der Waals surface area contributed by atoms with E-state index < -0.39 is 11.3 Å². The molecule has 6 heteroatoms. The lowest BCUT2D eigenvalue weighted by atomic mass is 9.93. The highest BCUT2D eigenvalue weighted by molar-refractivity contribution is 5.93. The highest BCUT2D eigenvalue weighted by Gasteiger charge is 2.34. The first kappa shape index (κ1) is 14.6. The van der Waals surface area contributed by atoms with Crippen LogP contribution in [0.2, 0.25) is 0 Å². The summed E-state index contributed by atoms with van der Waals surface area (Å²) in [5, 5.41) is 8.69. The molecule has 0 saturated carbocycles. The van der Waals surface area contributed by atoms with Crippen LogP contribution in [0.1, 0.15) is 49.8 Å². The Morgan fingerprint density at radius 2 is 2.00 bits per heavy atom. The molecule has 1 unspecified atom stereocenters. The predicted molar refractivity (Wildman–Crippen MR) is 73.3 cm³/mol. The minimum absolute atomic E-state index is 0.0873. The number of nitrogens with one attached hydrogen (secondary N) is 1. The molecule has 0 aliphatic carbocycles. The number of amides is 2. The van der Waals surface area contributed by atoms with Crippen LogP contribution < -0.4 is 5.48 Å². The molecule has 2 rings (SSSR count). The summed E-state index contributed by atoms with van der Waals surface area (Å²) in [6, 6.07) is 1.63. The van der Waals surface area contributed by atoms with Gasteiger partial charge < -0.3 is 9.47 Å². The van der Waals surface area contributed by atoms with Gasteiger partial charge in [-0.15, -0.1) is 0 Å². The molecular formula is C14H21N3O3. The molecule has 0 saturated heterocycles. The number of fused-ring (bicyclic) bond motifs is 1. The molecular weight excluding hydrogens is 258 g/mol. The average molecular weight is 279 g/mol. The van der Waals surface area contributed by atoms with Crippen molar-refractivity contribution in [2.75, 3.05) is 6.54 Å². The van der Waals surface area contributed by atoms with Gasteiger partial charge in [-0.3, -0.25) is 14.8 Å². The number of carbonyl (C=O) groups is 2. The zero-order chi connectivity index (χ0) is 15.1. The lowest BCUT2D eigenvalue weighted by Crippen LogP contribution is -2.45. The van der Waals surface area contributed by atoms with Crippen LogP contribution in [-0.2, 0) is 11.3 Å². The normalized spacial score (nSPS) is 18.6. The first-order chi connectivity index (χ1) is 9.25. The standard InChI is InChI=1S/C14H21N3O3/c1-9-11-7-10(12(18)15-20)8-16(11)5-6-17(9)13(19)14(2,3)4/h7-9,20H,5-6H2,1-4H3,(H,15,18). The molecule has 0 bridgehead atoms. The SMILES string of the molecule is CC1c2cc(C(=O)NO)cn2CCN1C(=O)C(C)(C)C. The lowest BCUT2D eigenvalue weighted by molar-refractivity contribution is -0.142. The van der Waals surface area contributed by atoms with E-state index in [-0.39, 0.29) is 11.9 Å². The largest absolute Gasteiger partial charge is 0.347 e. The van der Waals surface area contributed by atoms with Gasteiger partial charge in [-0.2, -0.15) is 0 Å². The van der Waals surface area contributed by atoms with Gasteiger partial charge in [0.25, 0.3) is 5.91 Å². The molecule has 1 aromatic rings. The fourth-order valence-electron chi connectivity index (χ4n) is 2.54. The van der Waals surface area contributed by atoms with E-state index in [1.54, 1.807) is 17.7 Å². The van der Waals surface area contributed by atoms with E-state index in [0.717, 1.165) is 5.69 Å². The maximum absolute atomic E-state index is 12.4. The second-order valence-corrected chi connectivity index (χ2v) is 6.21. The van der Waals surface area contributed by atoms with Crippen molar-refractivity contribution in [2.45, 2.75) is 40.3 Å². The van der Waals surface area contributed by atoms with Gasteiger partial charge in [0, 0.05) is 30.4 Å². The molecule has 0 fully saturated rings. The maximum atomic E-state index is 12.4. The lowest BCUT2D eigenvalue weighted by Gasteiger charge is -2.38. The molecule has 1 atom stereocenters. The number of hydroxylamine groups is 1. The van der Waals surface area contributed by atoms with Crippen LogP contribution in [0, 0.1) is 5.41 Å². The summed E-state index contributed by atoms with van der Waals surface area (Å²) in [4.78, 5) is 25.7. The second kappa shape index (κ2) is 4.94. The van der Waals surface area contributed by atoms with E-state index in [1.807, 2.05) is 37.2 Å². The van der Waals surface area contributed by atoms with Crippen molar-refractivity contribution in [3.8, 4) is 0 Å². The van der Waals surface area contributed by atoms with Crippen molar-refractivity contribution in [1.29, 1.82) is 0 Å². The topological polar surface area (TPSA) is 74.6 Å². The Hall–Kier alpha value is -1.82. The van der Waals surface area contributed by atoms with Gasteiger partial charge in [-0.1, -0.05) is 20.8 Å². The quantitative estimate of drug-likeness (QED) is 0.605. The van der Waals surface area contributed by atoms with E-state index in [1.165, 1.54) is 0 Å². The van der Waals surface area contributed by atoms with Gasteiger partial charge in [-0.25, -0.2) is 5.48 Å². The summed E-state index contributed by atoms with van der Waals surface area (Å²) >= 11 is 0. The van der Waals surface area contributed by atoms with Crippen LogP contribution in [0.5, 0.6) is 0 Å². The Bertz CT molecular complexity index is 542. The van der Waals surface area contributed by atoms with Crippen LogP contribution in [-0.4, -0.2) is 33.0 Å². The fourth-order valence-corrected chi connectivity index (χ4v) is 2.54. The van der Waals surface area contributed by atoms with E-state index in [0.29, 0.717) is 18.7 Å². The highest BCUT2D eigenvalue weighted by atomic mass is 16.5. The van der Waals surface area contributed by atoms with Crippen molar-refractivity contribution >= 4 is 11.8 Å². The van der Waals surface area contributed by atoms with E-state index in [9.17, 15) is 9.59 Å². The molecule has 1 aliphatic heterocycles. The zero-order valence-corrected chi connectivity index (χ0v) is 12.3. The molecule has 20 heavy (non-hydrogen) atoms. The van der Waals surface area contributed by atoms with Crippen LogP contribution in [0.4, 0.5) is 0 Å². The van der Waals surface area contributed by atoms with Crippen LogP contribution in [0.15, 0.2) is 12.3 Å². The summed E-state index contributed by atoms with van der Waals surface area (Å²) in [7, 11) is 0. The molecule has 0 aromatic carbocycles. The number of hydrogen-bond acceptors (Lipinski definition) is 3. The Morgan fingerprint density at radius 3 is 2.55 bits per heavy atom. The summed E-state index contributed by atoms with van der Waals surface area (Å²) < 4.78 is 1.96. The van der Waals surface area contributed by atoms with Crippen LogP contribution in [0.3, 0.4) is 0 Å². The van der Waals surface area contributed by atoms with Crippen molar-refractivity contribution < 1.29 is 14.8 Å². The zero-order valence-electron chi connectivity index (χ0n) is 12.3. The Balaban J connectivity index is 2.30. The van der Waals surface area contributed by atoms with Gasteiger partial charge in [0.05, 0.1) is 11.6 Å². The molecule has 6 nitrogen and oxygen atoms in total. The van der Waals surface area contributed by atoms with Crippen LogP contribution in [0.25, 0.3) is 0 Å². The Labute approximate surface area is 118 Å². The van der Waals surface area contributed by atoms with Gasteiger partial charge in [0.2, 0.25) is 5.91 Å². The number of carbonyl (C=O) groups excluding carboxylic acids is 2. The summed E-state index contributed by atoms with van der Waals surface area (Å²) in [6.45, 7) is 8.94. The number of aromatic nitrogens is 1. The van der Waals surface area contributed by atoms with Gasteiger partial charge in [0.1, 0.15) is 0 Å². The van der Waals surface area contributed by atoms with Gasteiger partial charge in [0.15, 0.2) is 0 Å². The third-order valence-electron chi connectivity index (χ3n) is 3.67. The average Bonchev–Trinajstić information content (AvgIpc) is 2.81. The molecule has 0 spiro atoms. The monoisotopic (exact) mass is 279 g/mol. The first-order valence-corrected chi connectivity index (χ1v) is 6.71. The van der Waals surface area contributed by atoms with Gasteiger partial charge in [-0.05, 0) is 13.0 Å². The minimum Gasteiger partial charge on any atom is -0.347 e. The fraction of sp³-hybridized carbons (Fsp3) is 0.571. The molecule has 1 aromatic heterocycles. The summed E-state index contributed by atoms with van der Waals surface area (Å²) in [6.07, 6.45) is 1.70. The number of nitrogens with zero attached hydrogens (tertiary/aromatic N) is 2. The maximum Gasteiger partial charge on any atom is 0.276 e. The summed E-state index contributed by atoms with van der Waals surface area (Å²) in [5.41, 5.74) is 2.52. The molecule has 2 heterocycles. The smallest absolute Gasteiger partial charge is 0.276 e. The van der Waals surface area contributed by atoms with E-state index in [2.05, 4.69) is 0 Å². The predicted octanol–water partition coefficient (Wildman–Crippen LogP) is 1.56. The van der Waals surface area contributed by atoms with Crippen molar-refractivity contribution in [3.63, 3.8) is 0 Å². The first-order valence-electron chi connectivity index (χ1n) is 6.71. The molecule has 2 amide bonds. The number of rotatable bonds is 1. The van der Waals surface area contributed by atoms with Crippen molar-refractivity contribution in [3.05, 3.63) is 23.5 Å². The Morgan fingerprint density at radius 1 is 1.35 bits per heavy atom. The molecule has 0 radical (unpaired) electrons. The summed E-state index contributed by atoms with van der Waals surface area (Å²) in [5.74, 6) is -0.432. The minimum atomic E-state index is -0.534. The highest BCUT2D eigenvalue weighted by Crippen LogP contribution is 2.30. The third kappa shape index (κ3) is 2.43. The molecule has 110 valence electrons. The Kier molecular flexibility index (Phi) is 3.60. The van der Waals surface area contributed by atoms with Crippen LogP contribution >= 0.6 is 0 Å². The van der Waals surface area contributed by atoms with Crippen molar-refractivity contribution in [2.24, 2.45) is 5.41 Å².